The minimum absolute atomic E-state index is 0.370. The molecule has 0 bridgehead atoms. The van der Waals surface area contributed by atoms with E-state index in [0.29, 0.717) is 9.79 Å². The van der Waals surface area contributed by atoms with Gasteiger partial charge in [0.2, 0.25) is 9.84 Å². The van der Waals surface area contributed by atoms with Gasteiger partial charge in [-0.1, -0.05) is 52.3 Å². The van der Waals surface area contributed by atoms with Crippen molar-refractivity contribution in [1.82, 2.24) is 4.57 Å². The Labute approximate surface area is 176 Å². The van der Waals surface area contributed by atoms with E-state index in [9.17, 15) is 8.42 Å². The third kappa shape index (κ3) is 2.26. The first-order valence-electron chi connectivity index (χ1n) is 9.23. The van der Waals surface area contributed by atoms with E-state index in [1.165, 1.54) is 10.8 Å². The molecule has 0 atom stereocenters. The number of aromatic nitrogens is 1. The van der Waals surface area contributed by atoms with Crippen molar-refractivity contribution in [2.75, 3.05) is 0 Å². The summed E-state index contributed by atoms with van der Waals surface area (Å²) in [5.74, 6) is 0. The smallest absolute Gasteiger partial charge is 0.207 e. The van der Waals surface area contributed by atoms with E-state index >= 15 is 0 Å². The molecule has 1 aromatic heterocycles. The van der Waals surface area contributed by atoms with Gasteiger partial charge in [-0.05, 0) is 48.5 Å². The van der Waals surface area contributed by atoms with Gasteiger partial charge in [-0.25, -0.2) is 8.42 Å². The molecule has 0 N–H and O–H groups in total. The largest absolute Gasteiger partial charge is 0.309 e. The zero-order chi connectivity index (χ0) is 19.8. The number of benzene rings is 4. The fourth-order valence-corrected chi connectivity index (χ4v) is 6.38. The summed E-state index contributed by atoms with van der Waals surface area (Å²) < 4.78 is 29.0. The van der Waals surface area contributed by atoms with Crippen LogP contribution < -0.4 is 0 Å². The van der Waals surface area contributed by atoms with Crippen molar-refractivity contribution in [3.63, 3.8) is 0 Å². The van der Waals surface area contributed by atoms with Gasteiger partial charge in [-0.3, -0.25) is 0 Å². The molecule has 29 heavy (non-hydrogen) atoms. The van der Waals surface area contributed by atoms with Crippen molar-refractivity contribution in [2.24, 2.45) is 0 Å². The van der Waals surface area contributed by atoms with Gasteiger partial charge in [0, 0.05) is 32.1 Å². The van der Waals surface area contributed by atoms with Crippen molar-refractivity contribution in [2.45, 2.75) is 9.79 Å². The van der Waals surface area contributed by atoms with Crippen molar-refractivity contribution in [1.29, 1.82) is 0 Å². The summed E-state index contributed by atoms with van der Waals surface area (Å²) in [6, 6.07) is 27.6. The molecule has 0 radical (unpaired) electrons. The molecule has 0 amide bonds. The Bertz CT molecular complexity index is 1530. The lowest BCUT2D eigenvalue weighted by Crippen LogP contribution is -1.98. The third-order valence-electron chi connectivity index (χ3n) is 5.61. The highest BCUT2D eigenvalue weighted by Crippen LogP contribution is 2.45. The maximum atomic E-state index is 13.0. The standard InChI is InChI=1S/C24H14BrNO2S/c25-15-9-11-23-19(13-15)20-14-16(10-12-24(20)29(23,27)28)26-21-7-3-1-5-17(21)18-6-2-4-8-22(18)26/h1-14H. The summed E-state index contributed by atoms with van der Waals surface area (Å²) >= 11 is 3.48. The quantitative estimate of drug-likeness (QED) is 0.287. The molecule has 140 valence electrons. The molecule has 5 heteroatoms. The van der Waals surface area contributed by atoms with E-state index in [1.54, 1.807) is 18.2 Å². The molecule has 4 aromatic carbocycles. The molecule has 0 spiro atoms. The van der Waals surface area contributed by atoms with Gasteiger partial charge in [-0.15, -0.1) is 0 Å². The van der Waals surface area contributed by atoms with Gasteiger partial charge in [-0.2, -0.15) is 0 Å². The molecule has 3 nitrogen and oxygen atoms in total. The molecule has 5 aromatic rings. The second-order valence-corrected chi connectivity index (χ2v) is 10.00. The van der Waals surface area contributed by atoms with Crippen LogP contribution in [0.3, 0.4) is 0 Å². The van der Waals surface area contributed by atoms with E-state index in [4.69, 9.17) is 0 Å². The Kier molecular flexibility index (Phi) is 3.41. The van der Waals surface area contributed by atoms with E-state index in [1.807, 2.05) is 42.5 Å². The third-order valence-corrected chi connectivity index (χ3v) is 7.98. The number of halogens is 1. The fraction of sp³-hybridized carbons (Fsp3) is 0. The highest BCUT2D eigenvalue weighted by molar-refractivity contribution is 9.10. The Morgan fingerprint density at radius 1 is 0.655 bits per heavy atom. The van der Waals surface area contributed by atoms with Crippen LogP contribution in [-0.4, -0.2) is 13.0 Å². The van der Waals surface area contributed by atoms with Crippen LogP contribution in [0.1, 0.15) is 0 Å². The number of sulfone groups is 1. The normalized spacial score (nSPS) is 14.2. The molecule has 2 heterocycles. The van der Waals surface area contributed by atoms with Gasteiger partial charge in [0.15, 0.2) is 0 Å². The zero-order valence-corrected chi connectivity index (χ0v) is 17.5. The molecule has 1 aliphatic heterocycles. The van der Waals surface area contributed by atoms with Gasteiger partial charge < -0.3 is 4.57 Å². The maximum absolute atomic E-state index is 13.0. The number of rotatable bonds is 1. The highest BCUT2D eigenvalue weighted by Gasteiger charge is 2.33. The summed E-state index contributed by atoms with van der Waals surface area (Å²) in [7, 11) is -3.48. The minimum Gasteiger partial charge on any atom is -0.309 e. The average molecular weight is 460 g/mol. The first-order valence-corrected chi connectivity index (χ1v) is 11.5. The topological polar surface area (TPSA) is 39.1 Å². The molecule has 0 unspecified atom stereocenters. The highest BCUT2D eigenvalue weighted by atomic mass is 79.9. The Hall–Kier alpha value is -2.89. The monoisotopic (exact) mass is 459 g/mol. The van der Waals surface area contributed by atoms with Crippen molar-refractivity contribution < 1.29 is 8.42 Å². The van der Waals surface area contributed by atoms with Crippen LogP contribution in [0.4, 0.5) is 0 Å². The lowest BCUT2D eigenvalue weighted by Gasteiger charge is -2.10. The molecule has 0 aliphatic carbocycles. The molecular weight excluding hydrogens is 446 g/mol. The Morgan fingerprint density at radius 3 is 1.86 bits per heavy atom. The predicted octanol–water partition coefficient (Wildman–Crippen LogP) is 6.36. The summed E-state index contributed by atoms with van der Waals surface area (Å²) in [5.41, 5.74) is 4.65. The van der Waals surface area contributed by atoms with E-state index in [0.717, 1.165) is 32.3 Å². The Morgan fingerprint density at radius 2 is 1.21 bits per heavy atom. The van der Waals surface area contributed by atoms with Crippen LogP contribution in [0, 0.1) is 0 Å². The lowest BCUT2D eigenvalue weighted by atomic mass is 10.1. The first kappa shape index (κ1) is 17.0. The van der Waals surface area contributed by atoms with Crippen LogP contribution in [-0.2, 0) is 9.84 Å². The minimum atomic E-state index is -3.48. The second kappa shape index (κ2) is 5.81. The van der Waals surface area contributed by atoms with E-state index < -0.39 is 9.84 Å². The second-order valence-electron chi connectivity index (χ2n) is 7.19. The van der Waals surface area contributed by atoms with Gasteiger partial charge in [0.1, 0.15) is 0 Å². The summed E-state index contributed by atoms with van der Waals surface area (Å²) in [4.78, 5) is 0.741. The fourth-order valence-electron chi connectivity index (χ4n) is 4.37. The number of hydrogen-bond acceptors (Lipinski definition) is 2. The van der Waals surface area contributed by atoms with Crippen LogP contribution in [0.25, 0.3) is 38.6 Å². The van der Waals surface area contributed by atoms with Gasteiger partial charge in [0.25, 0.3) is 0 Å². The molecule has 0 saturated carbocycles. The van der Waals surface area contributed by atoms with Crippen LogP contribution in [0.5, 0.6) is 0 Å². The van der Waals surface area contributed by atoms with Gasteiger partial charge in [0.05, 0.1) is 20.8 Å². The molecule has 0 fully saturated rings. The number of nitrogens with zero attached hydrogens (tertiary/aromatic N) is 1. The van der Waals surface area contributed by atoms with Crippen LogP contribution in [0.15, 0.2) is 99.2 Å². The van der Waals surface area contributed by atoms with Crippen molar-refractivity contribution in [3.05, 3.63) is 89.4 Å². The number of para-hydroxylation sites is 2. The summed E-state index contributed by atoms with van der Waals surface area (Å²) in [5, 5.41) is 2.36. The van der Waals surface area contributed by atoms with Crippen LogP contribution in [0.2, 0.25) is 0 Å². The average Bonchev–Trinajstić information content (AvgIpc) is 3.18. The van der Waals surface area contributed by atoms with Crippen molar-refractivity contribution >= 4 is 47.6 Å². The van der Waals surface area contributed by atoms with Crippen LogP contribution >= 0.6 is 15.9 Å². The lowest BCUT2D eigenvalue weighted by molar-refractivity contribution is 0.598. The first-order chi connectivity index (χ1) is 14.1. The Balaban J connectivity index is 1.71. The number of hydrogen-bond donors (Lipinski definition) is 0. The predicted molar refractivity (Wildman–Crippen MR) is 119 cm³/mol. The molecule has 0 saturated heterocycles. The molecular formula is C24H14BrNO2S. The maximum Gasteiger partial charge on any atom is 0.207 e. The van der Waals surface area contributed by atoms with E-state index in [-0.39, 0.29) is 0 Å². The zero-order valence-electron chi connectivity index (χ0n) is 15.1. The number of fused-ring (bicyclic) bond motifs is 6. The summed E-state index contributed by atoms with van der Waals surface area (Å²) in [6.07, 6.45) is 0. The SMILES string of the molecule is O=S1(=O)c2ccc(Br)cc2-c2cc(-n3c4ccccc4c4ccccc43)ccc21. The van der Waals surface area contributed by atoms with Crippen molar-refractivity contribution in [3.8, 4) is 16.8 Å². The molecule has 6 rings (SSSR count). The summed E-state index contributed by atoms with van der Waals surface area (Å²) in [6.45, 7) is 0. The van der Waals surface area contributed by atoms with E-state index in [2.05, 4.69) is 44.8 Å². The van der Waals surface area contributed by atoms with Gasteiger partial charge >= 0.3 is 0 Å². The molecule has 1 aliphatic rings.